The average molecular weight is 460 g/mol. The molecule has 0 aliphatic rings. The van der Waals surface area contributed by atoms with Gasteiger partial charge in [-0.1, -0.05) is 6.07 Å². The van der Waals surface area contributed by atoms with E-state index in [1.54, 1.807) is 26.1 Å². The van der Waals surface area contributed by atoms with Crippen molar-refractivity contribution in [2.45, 2.75) is 45.8 Å². The van der Waals surface area contributed by atoms with Crippen molar-refractivity contribution in [2.75, 3.05) is 6.54 Å². The van der Waals surface area contributed by atoms with Gasteiger partial charge in [0, 0.05) is 6.20 Å². The third-order valence-corrected chi connectivity index (χ3v) is 5.20. The molecule has 1 aromatic carbocycles. The number of aryl methyl sites for hydroxylation is 2. The Balaban J connectivity index is 1.90. The average Bonchev–Trinajstić information content (AvgIpc) is 3.08. The molecule has 1 atom stereocenters. The van der Waals surface area contributed by atoms with E-state index in [9.17, 15) is 23.5 Å². The van der Waals surface area contributed by atoms with Crippen LogP contribution in [-0.2, 0) is 11.4 Å². The summed E-state index contributed by atoms with van der Waals surface area (Å²) in [6.45, 7) is 3.44. The lowest BCUT2D eigenvalue weighted by Gasteiger charge is -2.15. The van der Waals surface area contributed by atoms with Gasteiger partial charge in [-0.25, -0.2) is 18.6 Å². The van der Waals surface area contributed by atoms with Crippen molar-refractivity contribution in [1.29, 1.82) is 0 Å². The van der Waals surface area contributed by atoms with Crippen LogP contribution < -0.4 is 15.8 Å². The number of aliphatic carboxylic acids is 1. The number of nitrogens with two attached hydrogens (primary N) is 1. The minimum atomic E-state index is -1.14. The van der Waals surface area contributed by atoms with Crippen LogP contribution in [0, 0.1) is 25.5 Å². The molecule has 0 fully saturated rings. The molecule has 8 nitrogen and oxygen atoms in total. The summed E-state index contributed by atoms with van der Waals surface area (Å²) < 4.78 is 35.1. The number of halogens is 2. The molecule has 0 saturated carbocycles. The van der Waals surface area contributed by atoms with Crippen molar-refractivity contribution in [3.8, 4) is 5.75 Å². The normalized spacial score (nSPS) is 12.0. The zero-order valence-corrected chi connectivity index (χ0v) is 18.4. The topological polar surface area (TPSA) is 119 Å². The highest BCUT2D eigenvalue weighted by Crippen LogP contribution is 2.26. The summed E-state index contributed by atoms with van der Waals surface area (Å²) in [5.74, 6) is -2.96. The van der Waals surface area contributed by atoms with Gasteiger partial charge >= 0.3 is 5.97 Å². The Morgan fingerprint density at radius 1 is 1.24 bits per heavy atom. The molecule has 0 saturated heterocycles. The van der Waals surface area contributed by atoms with Crippen LogP contribution in [0.15, 0.2) is 30.5 Å². The Morgan fingerprint density at radius 2 is 1.94 bits per heavy atom. The van der Waals surface area contributed by atoms with Crippen molar-refractivity contribution < 1.29 is 28.2 Å². The Labute approximate surface area is 189 Å². The maximum Gasteiger partial charge on any atom is 0.326 e. The number of nitrogens with one attached hydrogen (secondary N) is 1. The van der Waals surface area contributed by atoms with Crippen LogP contribution in [0.25, 0.3) is 5.65 Å². The molecular formula is C23H26F2N4O4. The summed E-state index contributed by atoms with van der Waals surface area (Å²) >= 11 is 0. The first-order valence-electron chi connectivity index (χ1n) is 10.5. The van der Waals surface area contributed by atoms with Gasteiger partial charge in [-0.05, 0) is 63.4 Å². The molecular weight excluding hydrogens is 434 g/mol. The number of imidazole rings is 1. The highest BCUT2D eigenvalue weighted by Gasteiger charge is 2.25. The number of hydrogen-bond donors (Lipinski definition) is 3. The number of ether oxygens (including phenoxy) is 1. The van der Waals surface area contributed by atoms with E-state index in [1.165, 1.54) is 10.5 Å². The van der Waals surface area contributed by atoms with Gasteiger partial charge in [0.2, 0.25) is 0 Å². The molecule has 3 rings (SSSR count). The zero-order chi connectivity index (χ0) is 24.1. The van der Waals surface area contributed by atoms with Crippen molar-refractivity contribution in [3.63, 3.8) is 0 Å². The van der Waals surface area contributed by atoms with E-state index < -0.39 is 29.6 Å². The molecule has 2 aromatic heterocycles. The SMILES string of the molecule is Cc1cc(OCc2c(F)cccc2F)c2nc(C)c(C(=O)N[C@@H](CCCCN)C(=O)O)n2c1. The fourth-order valence-electron chi connectivity index (χ4n) is 3.53. The lowest BCUT2D eigenvalue weighted by Crippen LogP contribution is -2.41. The summed E-state index contributed by atoms with van der Waals surface area (Å²) in [6, 6.07) is 4.13. The molecule has 2 heterocycles. The minimum Gasteiger partial charge on any atom is -0.485 e. The molecule has 0 bridgehead atoms. The second-order valence-corrected chi connectivity index (χ2v) is 7.76. The molecule has 33 heavy (non-hydrogen) atoms. The third kappa shape index (κ3) is 5.46. The fourth-order valence-corrected chi connectivity index (χ4v) is 3.53. The molecule has 0 aliphatic carbocycles. The van der Waals surface area contributed by atoms with Gasteiger partial charge in [-0.15, -0.1) is 0 Å². The zero-order valence-electron chi connectivity index (χ0n) is 18.4. The summed E-state index contributed by atoms with van der Waals surface area (Å²) in [5.41, 5.74) is 6.72. The quantitative estimate of drug-likeness (QED) is 0.400. The Kier molecular flexibility index (Phi) is 7.59. The monoisotopic (exact) mass is 460 g/mol. The molecule has 0 radical (unpaired) electrons. The number of unbranched alkanes of at least 4 members (excludes halogenated alkanes) is 1. The van der Waals surface area contributed by atoms with E-state index in [1.807, 2.05) is 0 Å². The number of carboxylic acid groups (broad SMARTS) is 1. The summed E-state index contributed by atoms with van der Waals surface area (Å²) in [7, 11) is 0. The number of nitrogens with zero attached hydrogens (tertiary/aromatic N) is 2. The van der Waals surface area contributed by atoms with Crippen LogP contribution in [-0.4, -0.2) is 39.0 Å². The smallest absolute Gasteiger partial charge is 0.326 e. The van der Waals surface area contributed by atoms with E-state index in [-0.39, 0.29) is 35.7 Å². The van der Waals surface area contributed by atoms with E-state index in [0.717, 1.165) is 12.1 Å². The third-order valence-electron chi connectivity index (χ3n) is 5.20. The largest absolute Gasteiger partial charge is 0.485 e. The Hall–Kier alpha value is -3.53. The Morgan fingerprint density at radius 3 is 2.58 bits per heavy atom. The van der Waals surface area contributed by atoms with Crippen LogP contribution in [0.3, 0.4) is 0 Å². The summed E-state index contributed by atoms with van der Waals surface area (Å²) in [6.07, 6.45) is 3.11. The first-order chi connectivity index (χ1) is 15.7. The standard InChI is InChI=1S/C23H26F2N4O4/c1-13-10-19(33-12-15-16(24)6-5-7-17(15)25)21-27-14(2)20(29(21)11-13)22(30)28-18(23(31)32)8-3-4-9-26/h5-7,10-11,18H,3-4,8-9,12,26H2,1-2H3,(H,28,30)(H,31,32)/t18-/m0/s1. The first kappa shape index (κ1) is 24.1. The molecule has 176 valence electrons. The fraction of sp³-hybridized carbons (Fsp3) is 0.348. The van der Waals surface area contributed by atoms with Crippen LogP contribution in [0.4, 0.5) is 8.78 Å². The number of benzene rings is 1. The second kappa shape index (κ2) is 10.4. The number of amides is 1. The maximum atomic E-state index is 14.0. The number of hydrogen-bond acceptors (Lipinski definition) is 5. The van der Waals surface area contributed by atoms with E-state index in [0.29, 0.717) is 30.6 Å². The van der Waals surface area contributed by atoms with Crippen LogP contribution >= 0.6 is 0 Å². The lowest BCUT2D eigenvalue weighted by atomic mass is 10.1. The number of fused-ring (bicyclic) bond motifs is 1. The minimum absolute atomic E-state index is 0.153. The van der Waals surface area contributed by atoms with Gasteiger partial charge in [-0.3, -0.25) is 9.20 Å². The number of aromatic nitrogens is 2. The number of carbonyl (C=O) groups is 2. The van der Waals surface area contributed by atoms with E-state index >= 15 is 0 Å². The van der Waals surface area contributed by atoms with Gasteiger partial charge in [0.05, 0.1) is 11.3 Å². The van der Waals surface area contributed by atoms with E-state index in [4.69, 9.17) is 10.5 Å². The van der Waals surface area contributed by atoms with Gasteiger partial charge in [0.15, 0.2) is 11.4 Å². The number of carboxylic acids is 1. The molecule has 10 heteroatoms. The van der Waals surface area contributed by atoms with Gasteiger partial charge in [0.25, 0.3) is 5.91 Å². The predicted octanol–water partition coefficient (Wildman–Crippen LogP) is 3.12. The highest BCUT2D eigenvalue weighted by atomic mass is 19.1. The van der Waals surface area contributed by atoms with Crippen LogP contribution in [0.1, 0.15) is 46.6 Å². The molecule has 0 unspecified atom stereocenters. The van der Waals surface area contributed by atoms with Crippen molar-refractivity contribution in [2.24, 2.45) is 5.73 Å². The molecule has 0 spiro atoms. The molecule has 0 aliphatic heterocycles. The molecule has 1 amide bonds. The number of rotatable bonds is 10. The van der Waals surface area contributed by atoms with Crippen LogP contribution in [0.2, 0.25) is 0 Å². The second-order valence-electron chi connectivity index (χ2n) is 7.76. The predicted molar refractivity (Wildman–Crippen MR) is 117 cm³/mol. The van der Waals surface area contributed by atoms with Crippen molar-refractivity contribution in [1.82, 2.24) is 14.7 Å². The van der Waals surface area contributed by atoms with E-state index in [2.05, 4.69) is 10.3 Å². The highest BCUT2D eigenvalue weighted by molar-refractivity contribution is 5.97. The van der Waals surface area contributed by atoms with Crippen LogP contribution in [0.5, 0.6) is 5.75 Å². The Bertz CT molecular complexity index is 1160. The van der Waals surface area contributed by atoms with Crippen molar-refractivity contribution >= 4 is 17.5 Å². The van der Waals surface area contributed by atoms with Gasteiger partial charge < -0.3 is 20.9 Å². The number of pyridine rings is 1. The molecule has 3 aromatic rings. The summed E-state index contributed by atoms with van der Waals surface area (Å²) in [5, 5.41) is 12.0. The van der Waals surface area contributed by atoms with Gasteiger partial charge in [0.1, 0.15) is 30.0 Å². The van der Waals surface area contributed by atoms with Crippen molar-refractivity contribution in [3.05, 3.63) is 64.6 Å². The first-order valence-corrected chi connectivity index (χ1v) is 10.5. The molecule has 4 N–H and O–H groups in total. The number of carbonyl (C=O) groups excluding carboxylic acids is 1. The van der Waals surface area contributed by atoms with Gasteiger partial charge in [-0.2, -0.15) is 0 Å². The maximum absolute atomic E-state index is 14.0. The lowest BCUT2D eigenvalue weighted by molar-refractivity contribution is -0.139. The summed E-state index contributed by atoms with van der Waals surface area (Å²) in [4.78, 5) is 28.9.